The van der Waals surface area contributed by atoms with E-state index in [9.17, 15) is 13.2 Å². The average Bonchev–Trinajstić information content (AvgIpc) is 3.14. The SMILES string of the molecule is Cc1ccc(OCC(=O)Nc2ccc(S(=O)(=O)[N-]c3nccs3)cc2)cc1. The molecule has 0 aliphatic carbocycles. The number of sulfonamides is 1. The number of carbonyl (C=O) groups is 1. The second-order valence-electron chi connectivity index (χ2n) is 5.56. The van der Waals surface area contributed by atoms with Gasteiger partial charge < -0.3 is 19.8 Å². The van der Waals surface area contributed by atoms with Crippen LogP contribution in [0.1, 0.15) is 5.56 Å². The Balaban J connectivity index is 1.56. The summed E-state index contributed by atoms with van der Waals surface area (Å²) in [6.07, 6.45) is 1.48. The van der Waals surface area contributed by atoms with Crippen LogP contribution in [-0.4, -0.2) is 25.9 Å². The molecule has 0 fully saturated rings. The lowest BCUT2D eigenvalue weighted by atomic mass is 10.2. The second kappa shape index (κ2) is 8.19. The lowest BCUT2D eigenvalue weighted by Crippen LogP contribution is -2.20. The van der Waals surface area contributed by atoms with Crippen molar-refractivity contribution in [1.82, 2.24) is 4.98 Å². The molecule has 140 valence electrons. The maximum Gasteiger partial charge on any atom is 0.262 e. The van der Waals surface area contributed by atoms with Gasteiger partial charge in [-0.3, -0.25) is 4.79 Å². The van der Waals surface area contributed by atoms with Crippen LogP contribution < -0.4 is 10.1 Å². The van der Waals surface area contributed by atoms with Crippen molar-refractivity contribution in [2.24, 2.45) is 0 Å². The highest BCUT2D eigenvalue weighted by Gasteiger charge is 2.11. The number of aromatic nitrogens is 1. The number of hydrogen-bond acceptors (Lipinski definition) is 6. The summed E-state index contributed by atoms with van der Waals surface area (Å²) in [5, 5.41) is 4.46. The number of aryl methyl sites for hydroxylation is 1. The van der Waals surface area contributed by atoms with Gasteiger partial charge in [-0.2, -0.15) is 11.3 Å². The minimum Gasteiger partial charge on any atom is -0.484 e. The van der Waals surface area contributed by atoms with E-state index in [-0.39, 0.29) is 22.5 Å². The zero-order chi connectivity index (χ0) is 19.3. The van der Waals surface area contributed by atoms with Gasteiger partial charge in [-0.15, -0.1) is 0 Å². The van der Waals surface area contributed by atoms with Crippen LogP contribution in [0.4, 0.5) is 10.8 Å². The van der Waals surface area contributed by atoms with E-state index in [1.165, 1.54) is 30.5 Å². The van der Waals surface area contributed by atoms with Gasteiger partial charge in [0.25, 0.3) is 5.91 Å². The monoisotopic (exact) mass is 402 g/mol. The molecule has 2 aromatic carbocycles. The zero-order valence-corrected chi connectivity index (χ0v) is 16.0. The number of amides is 1. The van der Waals surface area contributed by atoms with E-state index in [2.05, 4.69) is 15.0 Å². The molecule has 27 heavy (non-hydrogen) atoms. The van der Waals surface area contributed by atoms with Crippen LogP contribution in [0.2, 0.25) is 0 Å². The standard InChI is InChI=1S/C18H17N3O4S2/c1-13-2-6-15(7-3-13)25-12-17(22)20-14-4-8-16(9-5-14)27(23,24)21-18-19-10-11-26-18/h2-11H,12H2,1H3,(H2,19,20,21,22)/p-1. The van der Waals surface area contributed by atoms with Gasteiger partial charge >= 0.3 is 0 Å². The summed E-state index contributed by atoms with van der Waals surface area (Å²) in [4.78, 5) is 15.8. The number of benzene rings is 2. The molecule has 9 heteroatoms. The molecule has 1 N–H and O–H groups in total. The van der Waals surface area contributed by atoms with E-state index in [4.69, 9.17) is 4.74 Å². The number of anilines is 1. The van der Waals surface area contributed by atoms with Crippen LogP contribution >= 0.6 is 11.3 Å². The van der Waals surface area contributed by atoms with E-state index < -0.39 is 10.0 Å². The van der Waals surface area contributed by atoms with E-state index in [0.29, 0.717) is 11.4 Å². The molecule has 0 aliphatic rings. The first-order chi connectivity index (χ1) is 12.9. The fourth-order valence-corrected chi connectivity index (χ4v) is 3.78. The minimum atomic E-state index is -3.84. The second-order valence-corrected chi connectivity index (χ2v) is 8.03. The fourth-order valence-electron chi connectivity index (χ4n) is 2.11. The van der Waals surface area contributed by atoms with E-state index in [1.54, 1.807) is 17.5 Å². The lowest BCUT2D eigenvalue weighted by molar-refractivity contribution is -0.118. The zero-order valence-electron chi connectivity index (χ0n) is 14.3. The number of hydrogen-bond donors (Lipinski definition) is 1. The number of rotatable bonds is 7. The molecule has 0 saturated heterocycles. The predicted octanol–water partition coefficient (Wildman–Crippen LogP) is 3.86. The third-order valence-electron chi connectivity index (χ3n) is 3.44. The Labute approximate surface area is 161 Å². The first-order valence-corrected chi connectivity index (χ1v) is 10.2. The Bertz CT molecular complexity index is 1000. The van der Waals surface area contributed by atoms with Gasteiger partial charge in [0.1, 0.15) is 5.75 Å². The molecule has 1 aromatic heterocycles. The van der Waals surface area contributed by atoms with Crippen molar-refractivity contribution in [2.45, 2.75) is 11.8 Å². The molecule has 0 aliphatic heterocycles. The summed E-state index contributed by atoms with van der Waals surface area (Å²) in [5.41, 5.74) is 1.56. The third-order valence-corrected chi connectivity index (χ3v) is 5.51. The summed E-state index contributed by atoms with van der Waals surface area (Å²) in [7, 11) is -3.84. The van der Waals surface area contributed by atoms with Crippen molar-refractivity contribution in [2.75, 3.05) is 11.9 Å². The highest BCUT2D eigenvalue weighted by Crippen LogP contribution is 2.29. The number of nitrogens with zero attached hydrogens (tertiary/aromatic N) is 2. The first-order valence-electron chi connectivity index (χ1n) is 7.89. The maximum absolute atomic E-state index is 12.2. The molecule has 0 radical (unpaired) electrons. The fraction of sp³-hybridized carbons (Fsp3) is 0.111. The van der Waals surface area contributed by atoms with Crippen LogP contribution in [-0.2, 0) is 14.8 Å². The molecule has 0 unspecified atom stereocenters. The predicted molar refractivity (Wildman–Crippen MR) is 104 cm³/mol. The molecular weight excluding hydrogens is 386 g/mol. The lowest BCUT2D eigenvalue weighted by Gasteiger charge is -2.12. The summed E-state index contributed by atoms with van der Waals surface area (Å²) in [5.74, 6) is 0.250. The third kappa shape index (κ3) is 5.28. The molecule has 0 bridgehead atoms. The van der Waals surface area contributed by atoms with Gasteiger partial charge in [-0.1, -0.05) is 23.9 Å². The topological polar surface area (TPSA) is 99.5 Å². The highest BCUT2D eigenvalue weighted by molar-refractivity contribution is 7.94. The van der Waals surface area contributed by atoms with Gasteiger partial charge in [0, 0.05) is 10.8 Å². The van der Waals surface area contributed by atoms with Gasteiger partial charge in [0.2, 0.25) is 10.0 Å². The molecule has 1 heterocycles. The average molecular weight is 402 g/mol. The van der Waals surface area contributed by atoms with Crippen molar-refractivity contribution in [1.29, 1.82) is 0 Å². The summed E-state index contributed by atoms with van der Waals surface area (Å²) >= 11 is 1.13. The Morgan fingerprint density at radius 1 is 1.15 bits per heavy atom. The van der Waals surface area contributed by atoms with Gasteiger partial charge in [-0.25, -0.2) is 8.42 Å². The molecule has 1 amide bonds. The van der Waals surface area contributed by atoms with Crippen LogP contribution in [0.25, 0.3) is 4.72 Å². The molecule has 0 spiro atoms. The Morgan fingerprint density at radius 2 is 1.85 bits per heavy atom. The van der Waals surface area contributed by atoms with Gasteiger partial charge in [0.05, 0.1) is 4.90 Å². The van der Waals surface area contributed by atoms with Crippen LogP contribution in [0.15, 0.2) is 65.0 Å². The normalized spacial score (nSPS) is 11.0. The van der Waals surface area contributed by atoms with E-state index in [1.807, 2.05) is 19.1 Å². The molecular formula is C18H16N3O4S2-. The minimum absolute atomic E-state index is 0.0200. The van der Waals surface area contributed by atoms with Gasteiger partial charge in [0.15, 0.2) is 6.61 Å². The Morgan fingerprint density at radius 3 is 2.48 bits per heavy atom. The Kier molecular flexibility index (Phi) is 5.72. The Hall–Kier alpha value is -2.91. The summed E-state index contributed by atoms with van der Waals surface area (Å²) < 4.78 is 33.5. The summed E-state index contributed by atoms with van der Waals surface area (Å²) in [6.45, 7) is 1.81. The van der Waals surface area contributed by atoms with Crippen LogP contribution in [0.3, 0.4) is 0 Å². The van der Waals surface area contributed by atoms with Crippen LogP contribution in [0, 0.1) is 6.92 Å². The van der Waals surface area contributed by atoms with Crippen LogP contribution in [0.5, 0.6) is 5.75 Å². The van der Waals surface area contributed by atoms with E-state index in [0.717, 1.165) is 16.9 Å². The van der Waals surface area contributed by atoms with Crippen molar-refractivity contribution >= 4 is 38.1 Å². The van der Waals surface area contributed by atoms with Crippen molar-refractivity contribution in [3.8, 4) is 5.75 Å². The van der Waals surface area contributed by atoms with E-state index >= 15 is 0 Å². The molecule has 0 atom stereocenters. The molecule has 0 saturated carbocycles. The number of nitrogens with one attached hydrogen (secondary N) is 1. The largest absolute Gasteiger partial charge is 0.484 e. The molecule has 3 rings (SSSR count). The quantitative estimate of drug-likeness (QED) is 0.647. The summed E-state index contributed by atoms with van der Waals surface area (Å²) in [6, 6.07) is 13.1. The van der Waals surface area contributed by atoms with Crippen molar-refractivity contribution in [3.63, 3.8) is 0 Å². The maximum atomic E-state index is 12.2. The number of thiazole rings is 1. The first kappa shape index (κ1) is 18.9. The molecule has 3 aromatic rings. The van der Waals surface area contributed by atoms with Gasteiger partial charge in [-0.05, 0) is 48.7 Å². The van der Waals surface area contributed by atoms with Crippen molar-refractivity contribution in [3.05, 3.63) is 70.4 Å². The van der Waals surface area contributed by atoms with Crippen molar-refractivity contribution < 1.29 is 17.9 Å². The molecule has 7 nitrogen and oxygen atoms in total. The number of ether oxygens (including phenoxy) is 1. The smallest absolute Gasteiger partial charge is 0.262 e. The highest BCUT2D eigenvalue weighted by atomic mass is 32.2. The number of carbonyl (C=O) groups excluding carboxylic acids is 1.